The van der Waals surface area contributed by atoms with Gasteiger partial charge in [0.05, 0.1) is 14.2 Å². The normalized spacial score (nSPS) is 13.9. The Hall–Kier alpha value is -3.55. The topological polar surface area (TPSA) is 84.4 Å². The van der Waals surface area contributed by atoms with Crippen molar-refractivity contribution >= 4 is 17.8 Å². The number of nitrogens with zero attached hydrogens (tertiary/aromatic N) is 4. The van der Waals surface area contributed by atoms with E-state index in [-0.39, 0.29) is 0 Å². The predicted molar refractivity (Wildman–Crippen MR) is 136 cm³/mol. The third-order valence-electron chi connectivity index (χ3n) is 6.28. The summed E-state index contributed by atoms with van der Waals surface area (Å²) in [7, 11) is 5.43. The van der Waals surface area contributed by atoms with Crippen molar-refractivity contribution < 1.29 is 9.47 Å². The standard InChI is InChI=1S/C26H34N6O2/c1-32(21-7-5-4-6-8-21)26-30-24(27-17-19-9-13-22(33-2)14-10-19)29-25(31-26)28-18-20-11-15-23(34-3)16-12-20/h9-16,21H,4-8,17-18H2,1-3H3,(H2,27,28,29,30,31). The molecule has 0 saturated heterocycles. The van der Waals surface area contributed by atoms with Crippen LogP contribution in [0, 0.1) is 0 Å². The molecule has 0 amide bonds. The van der Waals surface area contributed by atoms with Crippen molar-refractivity contribution in [3.63, 3.8) is 0 Å². The van der Waals surface area contributed by atoms with Crippen LogP contribution in [0.4, 0.5) is 17.8 Å². The van der Waals surface area contributed by atoms with Crippen molar-refractivity contribution in [3.05, 3.63) is 59.7 Å². The minimum absolute atomic E-state index is 0.458. The average Bonchev–Trinajstić information content (AvgIpc) is 2.91. The van der Waals surface area contributed by atoms with E-state index in [9.17, 15) is 0 Å². The van der Waals surface area contributed by atoms with E-state index in [0.717, 1.165) is 22.6 Å². The van der Waals surface area contributed by atoms with E-state index in [4.69, 9.17) is 19.4 Å². The molecule has 1 aliphatic carbocycles. The second-order valence-corrected chi connectivity index (χ2v) is 8.59. The molecule has 8 heteroatoms. The van der Waals surface area contributed by atoms with Crippen LogP contribution in [0.1, 0.15) is 43.2 Å². The molecule has 1 fully saturated rings. The highest BCUT2D eigenvalue weighted by Gasteiger charge is 2.21. The Balaban J connectivity index is 1.50. The number of anilines is 3. The van der Waals surface area contributed by atoms with Crippen molar-refractivity contribution in [3.8, 4) is 11.5 Å². The van der Waals surface area contributed by atoms with E-state index in [0.29, 0.717) is 37.0 Å². The van der Waals surface area contributed by atoms with Crippen molar-refractivity contribution in [2.75, 3.05) is 36.8 Å². The molecule has 3 aromatic rings. The molecule has 1 aromatic heterocycles. The molecule has 8 nitrogen and oxygen atoms in total. The van der Waals surface area contributed by atoms with Crippen molar-refractivity contribution in [1.29, 1.82) is 0 Å². The summed E-state index contributed by atoms with van der Waals surface area (Å²) < 4.78 is 10.5. The highest BCUT2D eigenvalue weighted by Crippen LogP contribution is 2.25. The predicted octanol–water partition coefficient (Wildman–Crippen LogP) is 4.88. The Kier molecular flexibility index (Phi) is 8.01. The maximum Gasteiger partial charge on any atom is 0.231 e. The summed E-state index contributed by atoms with van der Waals surface area (Å²) in [5.74, 6) is 3.48. The lowest BCUT2D eigenvalue weighted by Crippen LogP contribution is -2.35. The molecule has 2 N–H and O–H groups in total. The highest BCUT2D eigenvalue weighted by molar-refractivity contribution is 5.45. The van der Waals surface area contributed by atoms with Gasteiger partial charge in [-0.2, -0.15) is 15.0 Å². The zero-order valence-corrected chi connectivity index (χ0v) is 20.3. The smallest absolute Gasteiger partial charge is 0.231 e. The van der Waals surface area contributed by atoms with Crippen molar-refractivity contribution in [2.24, 2.45) is 0 Å². The summed E-state index contributed by atoms with van der Waals surface area (Å²) in [6, 6.07) is 16.4. The molecule has 1 heterocycles. The van der Waals surface area contributed by atoms with Gasteiger partial charge < -0.3 is 25.0 Å². The van der Waals surface area contributed by atoms with E-state index in [2.05, 4.69) is 27.6 Å². The number of benzene rings is 2. The van der Waals surface area contributed by atoms with Crippen LogP contribution in [0.25, 0.3) is 0 Å². The molecule has 0 spiro atoms. The van der Waals surface area contributed by atoms with Crippen LogP contribution >= 0.6 is 0 Å². The Morgan fingerprint density at radius 2 is 1.21 bits per heavy atom. The van der Waals surface area contributed by atoms with Gasteiger partial charge in [0.1, 0.15) is 11.5 Å². The number of hydrogen-bond donors (Lipinski definition) is 2. The second-order valence-electron chi connectivity index (χ2n) is 8.59. The summed E-state index contributed by atoms with van der Waals surface area (Å²) in [4.78, 5) is 16.3. The van der Waals surface area contributed by atoms with Gasteiger partial charge in [-0.05, 0) is 48.2 Å². The first kappa shape index (κ1) is 23.6. The number of methoxy groups -OCH3 is 2. The molecule has 0 unspecified atom stereocenters. The van der Waals surface area contributed by atoms with Gasteiger partial charge >= 0.3 is 0 Å². The molecule has 1 saturated carbocycles. The van der Waals surface area contributed by atoms with Gasteiger partial charge in [-0.15, -0.1) is 0 Å². The molecule has 0 bridgehead atoms. The quantitative estimate of drug-likeness (QED) is 0.441. The Labute approximate surface area is 201 Å². The van der Waals surface area contributed by atoms with Gasteiger partial charge in [0, 0.05) is 26.2 Å². The minimum atomic E-state index is 0.458. The SMILES string of the molecule is COc1ccc(CNc2nc(NCc3ccc(OC)cc3)nc(N(C)C3CCCCC3)n2)cc1. The molecule has 0 radical (unpaired) electrons. The molecule has 0 atom stereocenters. The van der Waals surface area contributed by atoms with Crippen LogP contribution in [0.2, 0.25) is 0 Å². The van der Waals surface area contributed by atoms with E-state index < -0.39 is 0 Å². The van der Waals surface area contributed by atoms with E-state index in [1.165, 1.54) is 32.1 Å². The van der Waals surface area contributed by atoms with E-state index >= 15 is 0 Å². The van der Waals surface area contributed by atoms with Crippen LogP contribution in [-0.2, 0) is 13.1 Å². The lowest BCUT2D eigenvalue weighted by molar-refractivity contribution is 0.414. The summed E-state index contributed by atoms with van der Waals surface area (Å²) in [5, 5.41) is 6.73. The van der Waals surface area contributed by atoms with Crippen LogP contribution < -0.4 is 25.0 Å². The van der Waals surface area contributed by atoms with Crippen LogP contribution in [-0.4, -0.2) is 42.3 Å². The lowest BCUT2D eigenvalue weighted by Gasteiger charge is -2.31. The number of aromatic nitrogens is 3. The summed E-state index contributed by atoms with van der Waals surface area (Å²) in [6.45, 7) is 1.22. The highest BCUT2D eigenvalue weighted by atomic mass is 16.5. The molecule has 4 rings (SSSR count). The third kappa shape index (κ3) is 6.27. The molecule has 0 aliphatic heterocycles. The van der Waals surface area contributed by atoms with Crippen molar-refractivity contribution in [1.82, 2.24) is 15.0 Å². The summed E-state index contributed by atoms with van der Waals surface area (Å²) >= 11 is 0. The van der Waals surface area contributed by atoms with Crippen LogP contribution in [0.5, 0.6) is 11.5 Å². The zero-order valence-electron chi connectivity index (χ0n) is 20.3. The average molecular weight is 463 g/mol. The van der Waals surface area contributed by atoms with Crippen LogP contribution in [0.15, 0.2) is 48.5 Å². The Bertz CT molecular complexity index is 966. The monoisotopic (exact) mass is 462 g/mol. The summed E-state index contributed by atoms with van der Waals surface area (Å²) in [5.41, 5.74) is 2.24. The largest absolute Gasteiger partial charge is 0.497 e. The molecule has 2 aromatic carbocycles. The van der Waals surface area contributed by atoms with E-state index in [1.807, 2.05) is 48.5 Å². The fourth-order valence-electron chi connectivity index (χ4n) is 4.16. The second kappa shape index (κ2) is 11.5. The molecule has 1 aliphatic rings. The van der Waals surface area contributed by atoms with Gasteiger partial charge in [0.15, 0.2) is 0 Å². The molecule has 34 heavy (non-hydrogen) atoms. The maximum absolute atomic E-state index is 5.25. The fraction of sp³-hybridized carbons (Fsp3) is 0.423. The lowest BCUT2D eigenvalue weighted by atomic mass is 9.95. The fourth-order valence-corrected chi connectivity index (χ4v) is 4.16. The minimum Gasteiger partial charge on any atom is -0.497 e. The van der Waals surface area contributed by atoms with Gasteiger partial charge in [0.25, 0.3) is 0 Å². The van der Waals surface area contributed by atoms with Gasteiger partial charge in [0.2, 0.25) is 17.8 Å². The number of hydrogen-bond acceptors (Lipinski definition) is 8. The third-order valence-corrected chi connectivity index (χ3v) is 6.28. The zero-order chi connectivity index (χ0) is 23.8. The maximum atomic E-state index is 5.25. The number of nitrogens with one attached hydrogen (secondary N) is 2. The van der Waals surface area contributed by atoms with Gasteiger partial charge in [-0.1, -0.05) is 43.5 Å². The first-order valence-electron chi connectivity index (χ1n) is 11.9. The van der Waals surface area contributed by atoms with Crippen LogP contribution in [0.3, 0.4) is 0 Å². The molecule has 180 valence electrons. The number of ether oxygens (including phenoxy) is 2. The van der Waals surface area contributed by atoms with Gasteiger partial charge in [-0.25, -0.2) is 0 Å². The first-order valence-corrected chi connectivity index (χ1v) is 11.9. The molecular weight excluding hydrogens is 428 g/mol. The first-order chi connectivity index (χ1) is 16.6. The van der Waals surface area contributed by atoms with E-state index in [1.54, 1.807) is 14.2 Å². The van der Waals surface area contributed by atoms with Gasteiger partial charge in [-0.3, -0.25) is 0 Å². The Morgan fingerprint density at radius 3 is 1.65 bits per heavy atom. The number of rotatable bonds is 10. The summed E-state index contributed by atoms with van der Waals surface area (Å²) in [6.07, 6.45) is 6.16. The Morgan fingerprint density at radius 1 is 0.735 bits per heavy atom. The molecular formula is C26H34N6O2. The van der Waals surface area contributed by atoms with Crippen molar-refractivity contribution in [2.45, 2.75) is 51.2 Å².